The van der Waals surface area contributed by atoms with Crippen molar-refractivity contribution in [2.45, 2.75) is 77.7 Å². The summed E-state index contributed by atoms with van der Waals surface area (Å²) >= 11 is 0. The van der Waals surface area contributed by atoms with E-state index in [9.17, 15) is 13.2 Å². The Balaban J connectivity index is 1.69. The summed E-state index contributed by atoms with van der Waals surface area (Å²) in [5.41, 5.74) is 3.06. The number of sulfonamides is 1. The lowest BCUT2D eigenvalue weighted by Crippen LogP contribution is -2.58. The largest absolute Gasteiger partial charge is 0.295 e. The van der Waals surface area contributed by atoms with Crippen LogP contribution in [0.5, 0.6) is 0 Å². The Morgan fingerprint density at radius 1 is 1.00 bits per heavy atom. The Kier molecular flexibility index (Phi) is 7.75. The first kappa shape index (κ1) is 23.4. The number of hydrogen-bond donors (Lipinski definition) is 0. The van der Waals surface area contributed by atoms with E-state index in [4.69, 9.17) is 0 Å². The summed E-state index contributed by atoms with van der Waals surface area (Å²) in [5, 5.41) is 0. The molecule has 0 amide bonds. The number of aryl methyl sites for hydroxylation is 2. The van der Waals surface area contributed by atoms with E-state index in [2.05, 4.69) is 4.90 Å². The predicted molar refractivity (Wildman–Crippen MR) is 123 cm³/mol. The Morgan fingerprint density at radius 2 is 1.60 bits per heavy atom. The second-order valence-corrected chi connectivity index (χ2v) is 11.3. The number of carbonyl (C=O) groups is 1. The van der Waals surface area contributed by atoms with E-state index in [-0.39, 0.29) is 17.1 Å². The van der Waals surface area contributed by atoms with Gasteiger partial charge in [0.25, 0.3) is 0 Å². The summed E-state index contributed by atoms with van der Waals surface area (Å²) in [6.45, 7) is 8.67. The molecule has 1 saturated heterocycles. The highest BCUT2D eigenvalue weighted by Crippen LogP contribution is 2.38. The number of rotatable bonds is 8. The Hall–Kier alpha value is -1.24. The molecule has 6 heteroatoms. The van der Waals surface area contributed by atoms with E-state index in [0.29, 0.717) is 25.9 Å². The second-order valence-electron chi connectivity index (χ2n) is 9.18. The van der Waals surface area contributed by atoms with Gasteiger partial charge in [0.15, 0.2) is 5.78 Å². The van der Waals surface area contributed by atoms with E-state index in [1.54, 1.807) is 4.31 Å². The average Bonchev–Trinajstić information content (AvgIpc) is 2.73. The van der Waals surface area contributed by atoms with Crippen LogP contribution in [-0.2, 0) is 10.0 Å². The molecule has 5 nitrogen and oxygen atoms in total. The monoisotopic (exact) mass is 434 g/mol. The highest BCUT2D eigenvalue weighted by molar-refractivity contribution is 7.89. The van der Waals surface area contributed by atoms with Crippen LogP contribution in [0.3, 0.4) is 0 Å². The maximum absolute atomic E-state index is 13.1. The van der Waals surface area contributed by atoms with Gasteiger partial charge >= 0.3 is 0 Å². The predicted octanol–water partition coefficient (Wildman–Crippen LogP) is 4.33. The van der Waals surface area contributed by atoms with E-state index in [1.807, 2.05) is 39.0 Å². The fourth-order valence-corrected chi connectivity index (χ4v) is 6.98. The van der Waals surface area contributed by atoms with Crippen LogP contribution >= 0.6 is 0 Å². The SMILES string of the molecule is CCCS(=O)(=O)N1CCN(C2(CCC(=O)c3c(C)cccc3C)CCCCC2)CC1. The fraction of sp³-hybridized carbons (Fsp3) is 0.708. The Morgan fingerprint density at radius 3 is 2.17 bits per heavy atom. The van der Waals surface area contributed by atoms with Crippen molar-refractivity contribution in [1.29, 1.82) is 0 Å². The lowest BCUT2D eigenvalue weighted by atomic mass is 9.76. The molecule has 0 spiro atoms. The molecule has 1 saturated carbocycles. The standard InChI is InChI=1S/C24H38N2O3S/c1-4-19-30(28,29)26-17-15-25(16-18-26)24(12-6-5-7-13-24)14-11-22(27)23-20(2)9-8-10-21(23)3/h8-10H,4-7,11-19H2,1-3H3. The summed E-state index contributed by atoms with van der Waals surface area (Å²) in [7, 11) is -3.13. The molecular weight excluding hydrogens is 396 g/mol. The van der Waals surface area contributed by atoms with Crippen LogP contribution in [0.4, 0.5) is 0 Å². The molecule has 1 aromatic rings. The maximum Gasteiger partial charge on any atom is 0.214 e. The minimum atomic E-state index is -3.13. The van der Waals surface area contributed by atoms with Gasteiger partial charge in [0.1, 0.15) is 0 Å². The summed E-state index contributed by atoms with van der Waals surface area (Å²) < 4.78 is 26.6. The first-order chi connectivity index (χ1) is 14.3. The van der Waals surface area contributed by atoms with Crippen molar-refractivity contribution in [3.63, 3.8) is 0 Å². The topological polar surface area (TPSA) is 57.7 Å². The first-order valence-electron chi connectivity index (χ1n) is 11.6. The molecule has 0 radical (unpaired) electrons. The van der Waals surface area contributed by atoms with E-state index >= 15 is 0 Å². The van der Waals surface area contributed by atoms with Crippen molar-refractivity contribution in [2.24, 2.45) is 0 Å². The molecule has 2 fully saturated rings. The van der Waals surface area contributed by atoms with Crippen LogP contribution in [-0.4, -0.2) is 60.9 Å². The van der Waals surface area contributed by atoms with Gasteiger partial charge in [-0.2, -0.15) is 4.31 Å². The lowest BCUT2D eigenvalue weighted by molar-refractivity contribution is 0.0165. The van der Waals surface area contributed by atoms with Crippen molar-refractivity contribution in [1.82, 2.24) is 9.21 Å². The minimum absolute atomic E-state index is 0.0467. The summed E-state index contributed by atoms with van der Waals surface area (Å²) in [4.78, 5) is 15.6. The minimum Gasteiger partial charge on any atom is -0.295 e. The van der Waals surface area contributed by atoms with Crippen LogP contribution in [0.1, 0.15) is 79.8 Å². The van der Waals surface area contributed by atoms with E-state index < -0.39 is 10.0 Å². The van der Waals surface area contributed by atoms with Gasteiger partial charge in [0.2, 0.25) is 10.0 Å². The molecule has 1 aliphatic heterocycles. The number of piperazine rings is 1. The number of Topliss-reactive ketones (excluding diaryl/α,β-unsaturated/α-hetero) is 1. The van der Waals surface area contributed by atoms with Crippen molar-refractivity contribution in [3.05, 3.63) is 34.9 Å². The zero-order valence-electron chi connectivity index (χ0n) is 19.0. The fourth-order valence-electron chi connectivity index (χ4n) is 5.49. The number of benzene rings is 1. The van der Waals surface area contributed by atoms with Crippen LogP contribution in [0.25, 0.3) is 0 Å². The average molecular weight is 435 g/mol. The third-order valence-corrected chi connectivity index (χ3v) is 9.20. The number of hydrogen-bond acceptors (Lipinski definition) is 4. The maximum atomic E-state index is 13.1. The molecule has 30 heavy (non-hydrogen) atoms. The van der Waals surface area contributed by atoms with Crippen LogP contribution < -0.4 is 0 Å². The highest BCUT2D eigenvalue weighted by atomic mass is 32.2. The number of ketones is 1. The zero-order valence-corrected chi connectivity index (χ0v) is 19.8. The van der Waals surface area contributed by atoms with Gasteiger partial charge in [-0.3, -0.25) is 9.69 Å². The van der Waals surface area contributed by atoms with Gasteiger partial charge in [0.05, 0.1) is 5.75 Å². The summed E-state index contributed by atoms with van der Waals surface area (Å²) in [6, 6.07) is 6.05. The molecule has 1 aliphatic carbocycles. The van der Waals surface area contributed by atoms with E-state index in [0.717, 1.165) is 49.0 Å². The van der Waals surface area contributed by atoms with Crippen LogP contribution in [0.15, 0.2) is 18.2 Å². The van der Waals surface area contributed by atoms with Gasteiger partial charge in [-0.25, -0.2) is 8.42 Å². The molecule has 1 heterocycles. The second kappa shape index (κ2) is 9.92. The van der Waals surface area contributed by atoms with E-state index in [1.165, 1.54) is 19.3 Å². The molecule has 0 unspecified atom stereocenters. The molecule has 0 N–H and O–H groups in total. The van der Waals surface area contributed by atoms with Gasteiger partial charge in [-0.05, 0) is 50.7 Å². The van der Waals surface area contributed by atoms with Gasteiger partial charge in [0, 0.05) is 43.7 Å². The van der Waals surface area contributed by atoms with Gasteiger partial charge in [-0.15, -0.1) is 0 Å². The molecule has 2 aliphatic rings. The van der Waals surface area contributed by atoms with Crippen LogP contribution in [0.2, 0.25) is 0 Å². The molecule has 0 bridgehead atoms. The summed E-state index contributed by atoms with van der Waals surface area (Å²) in [5.74, 6) is 0.488. The van der Waals surface area contributed by atoms with Crippen molar-refractivity contribution in [2.75, 3.05) is 31.9 Å². The zero-order chi connectivity index (χ0) is 21.8. The molecular formula is C24H38N2O3S. The quantitative estimate of drug-likeness (QED) is 0.572. The van der Waals surface area contributed by atoms with Gasteiger partial charge < -0.3 is 0 Å². The number of carbonyl (C=O) groups excluding carboxylic acids is 1. The van der Waals surface area contributed by atoms with Gasteiger partial charge in [-0.1, -0.05) is 44.4 Å². The molecule has 168 valence electrons. The third kappa shape index (κ3) is 5.14. The smallest absolute Gasteiger partial charge is 0.214 e. The Bertz CT molecular complexity index is 816. The highest BCUT2D eigenvalue weighted by Gasteiger charge is 2.40. The Labute approximate surface area is 182 Å². The summed E-state index contributed by atoms with van der Waals surface area (Å²) in [6.07, 6.45) is 8.01. The molecule has 1 aromatic carbocycles. The molecule has 0 aromatic heterocycles. The van der Waals surface area contributed by atoms with Crippen molar-refractivity contribution in [3.8, 4) is 0 Å². The lowest BCUT2D eigenvalue weighted by Gasteiger charge is -2.50. The number of nitrogens with zero attached hydrogens (tertiary/aromatic N) is 2. The molecule has 0 atom stereocenters. The van der Waals surface area contributed by atoms with Crippen molar-refractivity contribution >= 4 is 15.8 Å². The molecule has 3 rings (SSSR count). The van der Waals surface area contributed by atoms with Crippen molar-refractivity contribution < 1.29 is 13.2 Å². The van der Waals surface area contributed by atoms with Crippen LogP contribution in [0, 0.1) is 13.8 Å². The first-order valence-corrected chi connectivity index (χ1v) is 13.2. The third-order valence-electron chi connectivity index (χ3n) is 7.13. The normalized spacial score (nSPS) is 20.9.